The number of fused-ring (bicyclic) bond motifs is 1. The van der Waals surface area contributed by atoms with Gasteiger partial charge in [0.05, 0.1) is 13.1 Å². The Morgan fingerprint density at radius 2 is 1.67 bits per heavy atom. The fraction of sp³-hybridized carbons (Fsp3) is 0.375. The van der Waals surface area contributed by atoms with Crippen LogP contribution in [0.2, 0.25) is 0 Å². The third kappa shape index (κ3) is 5.81. The second-order valence-corrected chi connectivity index (χ2v) is 7.96. The number of benzene rings is 2. The van der Waals surface area contributed by atoms with Gasteiger partial charge in [0.15, 0.2) is 11.5 Å². The number of hydrogen-bond donors (Lipinski definition) is 2. The first-order valence-corrected chi connectivity index (χ1v) is 11.1. The van der Waals surface area contributed by atoms with Gasteiger partial charge in [0, 0.05) is 36.1 Å². The van der Waals surface area contributed by atoms with Crippen molar-refractivity contribution in [1.29, 1.82) is 0 Å². The Hall–Kier alpha value is -3.59. The highest BCUT2D eigenvalue weighted by Crippen LogP contribution is 2.32. The highest BCUT2D eigenvalue weighted by atomic mass is 16.6. The quantitative estimate of drug-likeness (QED) is 0.638. The fourth-order valence-corrected chi connectivity index (χ4v) is 3.88. The average Bonchev–Trinajstić information content (AvgIpc) is 3.24. The normalized spacial score (nSPS) is 15.0. The van der Waals surface area contributed by atoms with Crippen molar-refractivity contribution in [3.05, 3.63) is 42.5 Å². The number of rotatable bonds is 8. The molecule has 1 saturated heterocycles. The predicted molar refractivity (Wildman–Crippen MR) is 125 cm³/mol. The summed E-state index contributed by atoms with van der Waals surface area (Å²) in [6, 6.07) is 12.5. The van der Waals surface area contributed by atoms with E-state index in [0.717, 1.165) is 12.1 Å². The largest absolute Gasteiger partial charge is 0.486 e. The zero-order valence-corrected chi connectivity index (χ0v) is 18.6. The maximum absolute atomic E-state index is 12.6. The van der Waals surface area contributed by atoms with Crippen molar-refractivity contribution in [2.45, 2.75) is 19.8 Å². The number of nitrogens with zero attached hydrogens (tertiary/aromatic N) is 2. The van der Waals surface area contributed by atoms with E-state index < -0.39 is 0 Å². The number of hydrogen-bond acceptors (Lipinski definition) is 6. The summed E-state index contributed by atoms with van der Waals surface area (Å²) in [4.78, 5) is 40.6. The number of nitrogens with one attached hydrogen (secondary N) is 2. The van der Waals surface area contributed by atoms with E-state index in [2.05, 4.69) is 10.6 Å². The molecule has 174 valence electrons. The minimum Gasteiger partial charge on any atom is -0.486 e. The molecule has 0 saturated carbocycles. The lowest BCUT2D eigenvalue weighted by Crippen LogP contribution is -2.38. The van der Waals surface area contributed by atoms with E-state index in [9.17, 15) is 14.4 Å². The molecule has 2 N–H and O–H groups in total. The number of anilines is 3. The molecule has 0 spiro atoms. The Morgan fingerprint density at radius 3 is 2.33 bits per heavy atom. The second kappa shape index (κ2) is 10.4. The molecule has 2 aliphatic heterocycles. The molecule has 33 heavy (non-hydrogen) atoms. The maximum atomic E-state index is 12.6. The van der Waals surface area contributed by atoms with Crippen molar-refractivity contribution in [3.63, 3.8) is 0 Å². The van der Waals surface area contributed by atoms with Gasteiger partial charge in [0.2, 0.25) is 17.7 Å². The number of ether oxygens (including phenoxy) is 2. The standard InChI is InChI=1S/C24H28N4O5/c1-2-27(16-23(30)26-18-8-9-20-21(14-18)33-12-11-32-20)15-22(29)25-17-5-3-6-19(13-17)28-10-4-7-24(28)31/h3,5-6,8-9,13-14H,2,4,7,10-12,15-16H2,1H3,(H,25,29)(H,26,30). The SMILES string of the molecule is CCN(CC(=O)Nc1cccc(N2CCCC2=O)c1)CC(=O)Nc1ccc2c(c1)OCCO2. The van der Waals surface area contributed by atoms with Crippen molar-refractivity contribution in [3.8, 4) is 11.5 Å². The molecule has 2 aromatic rings. The van der Waals surface area contributed by atoms with Crippen LogP contribution in [-0.2, 0) is 14.4 Å². The molecule has 2 aromatic carbocycles. The Kier molecular flexibility index (Phi) is 7.09. The zero-order chi connectivity index (χ0) is 23.2. The van der Waals surface area contributed by atoms with Gasteiger partial charge >= 0.3 is 0 Å². The number of amides is 3. The molecular formula is C24H28N4O5. The summed E-state index contributed by atoms with van der Waals surface area (Å²) in [7, 11) is 0. The third-order valence-corrected chi connectivity index (χ3v) is 5.52. The summed E-state index contributed by atoms with van der Waals surface area (Å²) in [5.41, 5.74) is 2.01. The summed E-state index contributed by atoms with van der Waals surface area (Å²) in [6.45, 7) is 4.23. The monoisotopic (exact) mass is 452 g/mol. The van der Waals surface area contributed by atoms with Crippen molar-refractivity contribution in [1.82, 2.24) is 4.90 Å². The van der Waals surface area contributed by atoms with Crippen molar-refractivity contribution >= 4 is 34.8 Å². The van der Waals surface area contributed by atoms with Gasteiger partial charge in [0.1, 0.15) is 13.2 Å². The molecule has 4 rings (SSSR count). The molecule has 0 unspecified atom stereocenters. The second-order valence-electron chi connectivity index (χ2n) is 7.96. The van der Waals surface area contributed by atoms with E-state index in [1.54, 1.807) is 40.1 Å². The molecule has 3 amide bonds. The molecule has 0 aliphatic carbocycles. The molecule has 1 fully saturated rings. The van der Waals surface area contributed by atoms with Gasteiger partial charge in [-0.3, -0.25) is 19.3 Å². The lowest BCUT2D eigenvalue weighted by Gasteiger charge is -2.21. The van der Waals surface area contributed by atoms with Gasteiger partial charge < -0.3 is 25.0 Å². The van der Waals surface area contributed by atoms with Crippen LogP contribution in [0.4, 0.5) is 17.1 Å². The molecule has 0 atom stereocenters. The van der Waals surface area contributed by atoms with E-state index in [4.69, 9.17) is 9.47 Å². The summed E-state index contributed by atoms with van der Waals surface area (Å²) < 4.78 is 11.0. The number of likely N-dealkylation sites (N-methyl/N-ethyl adjacent to an activating group) is 1. The van der Waals surface area contributed by atoms with Crippen LogP contribution >= 0.6 is 0 Å². The first-order valence-electron chi connectivity index (χ1n) is 11.1. The van der Waals surface area contributed by atoms with Crippen LogP contribution in [0.15, 0.2) is 42.5 Å². The highest BCUT2D eigenvalue weighted by molar-refractivity contribution is 5.98. The topological polar surface area (TPSA) is 100 Å². The minimum absolute atomic E-state index is 0.0674. The molecule has 9 nitrogen and oxygen atoms in total. The van der Waals surface area contributed by atoms with Crippen molar-refractivity contribution < 1.29 is 23.9 Å². The van der Waals surface area contributed by atoms with Gasteiger partial charge in [-0.2, -0.15) is 0 Å². The van der Waals surface area contributed by atoms with E-state index in [0.29, 0.717) is 55.6 Å². The minimum atomic E-state index is -0.228. The highest BCUT2D eigenvalue weighted by Gasteiger charge is 2.22. The van der Waals surface area contributed by atoms with Crippen molar-refractivity contribution in [2.24, 2.45) is 0 Å². The predicted octanol–water partition coefficient (Wildman–Crippen LogP) is 2.48. The molecule has 0 bridgehead atoms. The van der Waals surface area contributed by atoms with E-state index in [1.165, 1.54) is 0 Å². The Bertz CT molecular complexity index is 1040. The lowest BCUT2D eigenvalue weighted by molar-refractivity contribution is -0.120. The number of carbonyl (C=O) groups is 3. The third-order valence-electron chi connectivity index (χ3n) is 5.52. The molecule has 0 aromatic heterocycles. The van der Waals surface area contributed by atoms with Gasteiger partial charge in [-0.15, -0.1) is 0 Å². The van der Waals surface area contributed by atoms with E-state index in [1.807, 2.05) is 19.1 Å². The van der Waals surface area contributed by atoms with Crippen LogP contribution in [0, 0.1) is 0 Å². The maximum Gasteiger partial charge on any atom is 0.238 e. The van der Waals surface area contributed by atoms with Crippen LogP contribution in [0.25, 0.3) is 0 Å². The molecule has 2 aliphatic rings. The van der Waals surface area contributed by atoms with Crippen molar-refractivity contribution in [2.75, 3.05) is 54.9 Å². The van der Waals surface area contributed by atoms with Crippen LogP contribution in [0.1, 0.15) is 19.8 Å². The lowest BCUT2D eigenvalue weighted by atomic mass is 10.2. The molecule has 9 heteroatoms. The average molecular weight is 453 g/mol. The van der Waals surface area contributed by atoms with Gasteiger partial charge in [-0.1, -0.05) is 13.0 Å². The first kappa shape index (κ1) is 22.6. The van der Waals surface area contributed by atoms with Gasteiger partial charge in [0.25, 0.3) is 0 Å². The van der Waals surface area contributed by atoms with E-state index >= 15 is 0 Å². The van der Waals surface area contributed by atoms with Crippen LogP contribution in [-0.4, -0.2) is 62.0 Å². The zero-order valence-electron chi connectivity index (χ0n) is 18.6. The molecule has 0 radical (unpaired) electrons. The van der Waals surface area contributed by atoms with Gasteiger partial charge in [-0.05, 0) is 43.3 Å². The molecule has 2 heterocycles. The summed E-state index contributed by atoms with van der Waals surface area (Å²) in [5.74, 6) is 0.900. The Labute approximate surface area is 192 Å². The summed E-state index contributed by atoms with van der Waals surface area (Å²) in [5, 5.41) is 5.70. The summed E-state index contributed by atoms with van der Waals surface area (Å²) >= 11 is 0. The van der Waals surface area contributed by atoms with Crippen LogP contribution < -0.4 is 25.0 Å². The molecular weight excluding hydrogens is 424 g/mol. The number of carbonyl (C=O) groups excluding carboxylic acids is 3. The fourth-order valence-electron chi connectivity index (χ4n) is 3.88. The Morgan fingerprint density at radius 1 is 0.970 bits per heavy atom. The summed E-state index contributed by atoms with van der Waals surface area (Å²) in [6.07, 6.45) is 1.39. The Balaban J connectivity index is 1.30. The van der Waals surface area contributed by atoms with Gasteiger partial charge in [-0.25, -0.2) is 0 Å². The van der Waals surface area contributed by atoms with Crippen LogP contribution in [0.3, 0.4) is 0 Å². The van der Waals surface area contributed by atoms with Crippen LogP contribution in [0.5, 0.6) is 11.5 Å². The van der Waals surface area contributed by atoms with E-state index in [-0.39, 0.29) is 30.8 Å². The first-order chi connectivity index (χ1) is 16.0. The smallest absolute Gasteiger partial charge is 0.238 e.